The van der Waals surface area contributed by atoms with Gasteiger partial charge in [0.05, 0.1) is 11.9 Å². The molecule has 8 heteroatoms. The van der Waals surface area contributed by atoms with Gasteiger partial charge in [-0.25, -0.2) is 14.5 Å². The Kier molecular flexibility index (Phi) is 5.11. The topological polar surface area (TPSA) is 95.9 Å². The molecule has 26 heavy (non-hydrogen) atoms. The van der Waals surface area contributed by atoms with Crippen LogP contribution in [0.1, 0.15) is 67.3 Å². The molecule has 0 aromatic carbocycles. The first kappa shape index (κ1) is 17.8. The van der Waals surface area contributed by atoms with Gasteiger partial charge in [0.1, 0.15) is 5.56 Å². The summed E-state index contributed by atoms with van der Waals surface area (Å²) in [5, 5.41) is 8.17. The molecule has 0 N–H and O–H groups in total. The number of carbonyl (C=O) groups is 1. The molecule has 0 bridgehead atoms. The zero-order chi connectivity index (χ0) is 18.7. The molecule has 0 radical (unpaired) electrons. The molecule has 0 saturated carbocycles. The Labute approximate surface area is 151 Å². The van der Waals surface area contributed by atoms with Crippen LogP contribution in [0.5, 0.6) is 0 Å². The molecule has 3 aromatic heterocycles. The van der Waals surface area contributed by atoms with Crippen molar-refractivity contribution in [1.82, 2.24) is 24.9 Å². The summed E-state index contributed by atoms with van der Waals surface area (Å²) in [5.74, 6) is 1.21. The molecule has 3 aromatic rings. The smallest absolute Gasteiger partial charge is 0.342 e. The van der Waals surface area contributed by atoms with Gasteiger partial charge in [0.25, 0.3) is 5.89 Å². The van der Waals surface area contributed by atoms with Gasteiger partial charge in [-0.05, 0) is 18.1 Å². The number of carbonyl (C=O) groups excluding carboxylic acids is 1. The summed E-state index contributed by atoms with van der Waals surface area (Å²) in [6.45, 7) is 7.81. The average molecular weight is 355 g/mol. The molecule has 0 fully saturated rings. The van der Waals surface area contributed by atoms with E-state index in [9.17, 15) is 4.79 Å². The van der Waals surface area contributed by atoms with Gasteiger partial charge >= 0.3 is 5.97 Å². The average Bonchev–Trinajstić information content (AvgIpc) is 3.27. The van der Waals surface area contributed by atoms with E-state index in [4.69, 9.17) is 9.26 Å². The lowest BCUT2D eigenvalue weighted by Crippen LogP contribution is -2.12. The molecule has 0 spiro atoms. The van der Waals surface area contributed by atoms with E-state index in [-0.39, 0.29) is 24.3 Å². The Morgan fingerprint density at radius 3 is 2.65 bits per heavy atom. The van der Waals surface area contributed by atoms with Crippen molar-refractivity contribution in [2.75, 3.05) is 0 Å². The fourth-order valence-corrected chi connectivity index (χ4v) is 2.50. The van der Waals surface area contributed by atoms with Crippen LogP contribution >= 0.6 is 0 Å². The molecule has 3 rings (SSSR count). The van der Waals surface area contributed by atoms with E-state index >= 15 is 0 Å². The van der Waals surface area contributed by atoms with Crippen molar-refractivity contribution >= 4 is 5.97 Å². The molecule has 0 saturated heterocycles. The van der Waals surface area contributed by atoms with Gasteiger partial charge < -0.3 is 9.26 Å². The molecule has 0 aliphatic heterocycles. The van der Waals surface area contributed by atoms with Crippen LogP contribution in [0.3, 0.4) is 0 Å². The molecule has 0 amide bonds. The zero-order valence-electron chi connectivity index (χ0n) is 15.2. The fraction of sp³-hybridized carbons (Fsp3) is 0.389. The van der Waals surface area contributed by atoms with Gasteiger partial charge in [0, 0.05) is 12.1 Å². The van der Waals surface area contributed by atoms with E-state index in [1.165, 1.54) is 6.20 Å². The first-order valence-electron chi connectivity index (χ1n) is 8.46. The maximum absolute atomic E-state index is 12.5. The summed E-state index contributed by atoms with van der Waals surface area (Å²) in [5.41, 5.74) is 1.14. The second-order valence-corrected chi connectivity index (χ2v) is 6.48. The number of nitrogens with zero attached hydrogens (tertiary/aromatic N) is 5. The highest BCUT2D eigenvalue weighted by Crippen LogP contribution is 2.23. The lowest BCUT2D eigenvalue weighted by atomic mass is 10.1. The number of aromatic nitrogens is 5. The largest absolute Gasteiger partial charge is 0.452 e. The lowest BCUT2D eigenvalue weighted by molar-refractivity contribution is 0.0428. The van der Waals surface area contributed by atoms with Crippen LogP contribution in [-0.2, 0) is 11.3 Å². The van der Waals surface area contributed by atoms with Crippen LogP contribution < -0.4 is 0 Å². The van der Waals surface area contributed by atoms with Gasteiger partial charge in [-0.3, -0.25) is 0 Å². The summed E-state index contributed by atoms with van der Waals surface area (Å²) in [7, 11) is 0. The van der Waals surface area contributed by atoms with Crippen molar-refractivity contribution in [3.05, 3.63) is 53.6 Å². The third-order valence-corrected chi connectivity index (χ3v) is 3.77. The Morgan fingerprint density at radius 1 is 1.23 bits per heavy atom. The van der Waals surface area contributed by atoms with E-state index < -0.39 is 5.97 Å². The van der Waals surface area contributed by atoms with E-state index in [1.54, 1.807) is 10.9 Å². The zero-order valence-corrected chi connectivity index (χ0v) is 15.2. The Balaban J connectivity index is 1.79. The molecule has 8 nitrogen and oxygen atoms in total. The first-order chi connectivity index (χ1) is 12.5. The SMILES string of the molecule is CC(C)c1noc(COC(=O)c2cnn(-c3ccccn3)c2C(C)C)n1. The third-order valence-electron chi connectivity index (χ3n) is 3.77. The lowest BCUT2D eigenvalue weighted by Gasteiger charge is -2.11. The monoisotopic (exact) mass is 355 g/mol. The van der Waals surface area contributed by atoms with Crippen molar-refractivity contribution in [2.24, 2.45) is 0 Å². The number of hydrogen-bond donors (Lipinski definition) is 0. The predicted molar refractivity (Wildman–Crippen MR) is 93.0 cm³/mol. The normalized spacial score (nSPS) is 11.3. The van der Waals surface area contributed by atoms with Crippen molar-refractivity contribution in [2.45, 2.75) is 46.1 Å². The molecular formula is C18H21N5O3. The number of pyridine rings is 1. The van der Waals surface area contributed by atoms with E-state index in [2.05, 4.69) is 20.2 Å². The molecule has 0 aliphatic carbocycles. The summed E-state index contributed by atoms with van der Waals surface area (Å²) in [6.07, 6.45) is 3.18. The summed E-state index contributed by atoms with van der Waals surface area (Å²) in [4.78, 5) is 21.0. The van der Waals surface area contributed by atoms with E-state index in [0.717, 1.165) is 5.69 Å². The Hall–Kier alpha value is -3.03. The van der Waals surface area contributed by atoms with Crippen LogP contribution in [0.4, 0.5) is 0 Å². The van der Waals surface area contributed by atoms with Crippen LogP contribution in [-0.4, -0.2) is 30.9 Å². The van der Waals surface area contributed by atoms with Crippen molar-refractivity contribution < 1.29 is 14.1 Å². The van der Waals surface area contributed by atoms with Gasteiger partial charge in [-0.2, -0.15) is 10.1 Å². The number of ether oxygens (including phenoxy) is 1. The van der Waals surface area contributed by atoms with Crippen LogP contribution in [0.15, 0.2) is 35.1 Å². The second-order valence-electron chi connectivity index (χ2n) is 6.48. The number of rotatable bonds is 6. The predicted octanol–water partition coefficient (Wildman–Crippen LogP) is 3.25. The van der Waals surface area contributed by atoms with Crippen molar-refractivity contribution in [1.29, 1.82) is 0 Å². The first-order valence-corrected chi connectivity index (χ1v) is 8.46. The minimum atomic E-state index is -0.486. The highest BCUT2D eigenvalue weighted by Gasteiger charge is 2.23. The quantitative estimate of drug-likeness (QED) is 0.626. The molecular weight excluding hydrogens is 334 g/mol. The highest BCUT2D eigenvalue weighted by molar-refractivity contribution is 5.90. The van der Waals surface area contributed by atoms with Crippen molar-refractivity contribution in [3.8, 4) is 5.82 Å². The summed E-state index contributed by atoms with van der Waals surface area (Å²) >= 11 is 0. The summed E-state index contributed by atoms with van der Waals surface area (Å²) < 4.78 is 12.1. The Morgan fingerprint density at radius 2 is 2.04 bits per heavy atom. The van der Waals surface area contributed by atoms with E-state index in [1.807, 2.05) is 45.9 Å². The molecule has 136 valence electrons. The third kappa shape index (κ3) is 3.63. The highest BCUT2D eigenvalue weighted by atomic mass is 16.6. The minimum Gasteiger partial charge on any atom is -0.452 e. The standard InChI is InChI=1S/C18H21N5O3/c1-11(2)16-13(9-20-23(16)14-7-5-6-8-19-14)18(24)25-10-15-21-17(12(3)4)22-26-15/h5-9,11-12H,10H2,1-4H3. The molecule has 0 unspecified atom stereocenters. The molecule has 0 atom stereocenters. The Bertz CT molecular complexity index is 883. The van der Waals surface area contributed by atoms with Crippen LogP contribution in [0.2, 0.25) is 0 Å². The second kappa shape index (κ2) is 7.47. The van der Waals surface area contributed by atoms with E-state index in [0.29, 0.717) is 17.2 Å². The van der Waals surface area contributed by atoms with Crippen molar-refractivity contribution in [3.63, 3.8) is 0 Å². The maximum atomic E-state index is 12.5. The van der Waals surface area contributed by atoms with Crippen LogP contribution in [0, 0.1) is 0 Å². The molecule has 0 aliphatic rings. The van der Waals surface area contributed by atoms with Crippen LogP contribution in [0.25, 0.3) is 5.82 Å². The molecule has 3 heterocycles. The van der Waals surface area contributed by atoms with Gasteiger partial charge in [0.2, 0.25) is 0 Å². The fourth-order valence-electron chi connectivity index (χ4n) is 2.50. The van der Waals surface area contributed by atoms with Gasteiger partial charge in [-0.15, -0.1) is 0 Å². The minimum absolute atomic E-state index is 0.0537. The number of hydrogen-bond acceptors (Lipinski definition) is 7. The van der Waals surface area contributed by atoms with Gasteiger partial charge in [0.15, 0.2) is 18.2 Å². The summed E-state index contributed by atoms with van der Waals surface area (Å²) in [6, 6.07) is 5.53. The maximum Gasteiger partial charge on any atom is 0.342 e. The van der Waals surface area contributed by atoms with Gasteiger partial charge in [-0.1, -0.05) is 38.9 Å². The number of esters is 1.